The van der Waals surface area contributed by atoms with Gasteiger partial charge in [-0.1, -0.05) is 37.7 Å². The zero-order chi connectivity index (χ0) is 22.0. The van der Waals surface area contributed by atoms with Crippen LogP contribution in [0.3, 0.4) is 0 Å². The molecule has 0 radical (unpaired) electrons. The van der Waals surface area contributed by atoms with Crippen molar-refractivity contribution in [3.05, 3.63) is 42.2 Å². The van der Waals surface area contributed by atoms with Crippen molar-refractivity contribution in [2.45, 2.75) is 49.2 Å². The van der Waals surface area contributed by atoms with Gasteiger partial charge in [0, 0.05) is 11.8 Å². The van der Waals surface area contributed by atoms with E-state index in [1.165, 1.54) is 12.1 Å². The maximum atomic E-state index is 12.8. The Morgan fingerprint density at radius 3 is 2.72 bits per heavy atom. The minimum atomic E-state index is -4.78. The summed E-state index contributed by atoms with van der Waals surface area (Å²) in [4.78, 5) is 4.48. The summed E-state index contributed by atoms with van der Waals surface area (Å²) >= 11 is 1.67. The Morgan fingerprint density at radius 2 is 2.03 bits per heavy atom. The number of thioether (sulfide) groups is 1. The fraction of sp³-hybridized carbons (Fsp3) is 0.429. The lowest BCUT2D eigenvalue weighted by molar-refractivity contribution is -0.274. The molecule has 0 amide bonds. The van der Waals surface area contributed by atoms with Gasteiger partial charge in [-0.25, -0.2) is 9.50 Å². The van der Waals surface area contributed by atoms with Crippen molar-refractivity contribution in [1.82, 2.24) is 19.9 Å². The van der Waals surface area contributed by atoms with Gasteiger partial charge in [-0.2, -0.15) is 5.10 Å². The van der Waals surface area contributed by atoms with Crippen molar-refractivity contribution >= 4 is 41.2 Å². The van der Waals surface area contributed by atoms with Crippen LogP contribution in [0.25, 0.3) is 5.65 Å². The van der Waals surface area contributed by atoms with Crippen molar-refractivity contribution < 1.29 is 17.9 Å². The number of para-hydroxylation sites is 2. The molecule has 174 valence electrons. The average Bonchev–Trinajstić information content (AvgIpc) is 3.14. The average molecular weight is 488 g/mol. The standard InChI is InChI=1S/C21H24F3N5OS.ClH/c1-13(2)17-12-26-20-16(27-15-7-3-4-8-18(15)30-21(22,23)24)10-19(28-29(17)20)31-14-6-5-9-25-11-14;/h3-4,7-8,10,12-14,25,27H,5-6,9,11H2,1-2H3;1H. The van der Waals surface area contributed by atoms with Crippen LogP contribution in [0.1, 0.15) is 38.3 Å². The molecular formula is C21H25ClF3N5OS. The number of piperidine rings is 1. The number of ether oxygens (including phenoxy) is 1. The molecule has 0 bridgehead atoms. The highest BCUT2D eigenvalue weighted by Gasteiger charge is 2.32. The van der Waals surface area contributed by atoms with Gasteiger partial charge in [-0.05, 0) is 43.5 Å². The van der Waals surface area contributed by atoms with Gasteiger partial charge in [0.05, 0.1) is 23.3 Å². The van der Waals surface area contributed by atoms with Gasteiger partial charge < -0.3 is 15.4 Å². The Balaban J connectivity index is 0.00000289. The Bertz CT molecular complexity index is 1050. The topological polar surface area (TPSA) is 63.5 Å². The van der Waals surface area contributed by atoms with E-state index in [4.69, 9.17) is 5.10 Å². The lowest BCUT2D eigenvalue weighted by Gasteiger charge is -2.22. The molecule has 1 atom stereocenters. The van der Waals surface area contributed by atoms with E-state index in [0.717, 1.165) is 36.7 Å². The van der Waals surface area contributed by atoms with E-state index in [2.05, 4.69) is 34.2 Å². The third-order valence-electron chi connectivity index (χ3n) is 4.98. The van der Waals surface area contributed by atoms with E-state index in [9.17, 15) is 13.2 Å². The first-order valence-electron chi connectivity index (χ1n) is 10.2. The van der Waals surface area contributed by atoms with Crippen molar-refractivity contribution in [2.24, 2.45) is 0 Å². The summed E-state index contributed by atoms with van der Waals surface area (Å²) in [5.74, 6) is -0.112. The smallest absolute Gasteiger partial charge is 0.404 e. The van der Waals surface area contributed by atoms with Crippen LogP contribution < -0.4 is 15.4 Å². The van der Waals surface area contributed by atoms with Gasteiger partial charge in [-0.15, -0.1) is 25.6 Å². The van der Waals surface area contributed by atoms with Gasteiger partial charge >= 0.3 is 6.36 Å². The second kappa shape index (κ2) is 10.2. The number of benzene rings is 1. The molecule has 11 heteroatoms. The predicted octanol–water partition coefficient (Wildman–Crippen LogP) is 5.76. The zero-order valence-corrected chi connectivity index (χ0v) is 19.3. The van der Waals surface area contributed by atoms with Crippen molar-refractivity contribution in [1.29, 1.82) is 0 Å². The molecule has 1 saturated heterocycles. The quantitative estimate of drug-likeness (QED) is 0.461. The summed E-state index contributed by atoms with van der Waals surface area (Å²) in [5, 5.41) is 12.4. The molecular weight excluding hydrogens is 463 g/mol. The third kappa shape index (κ3) is 5.79. The Morgan fingerprint density at radius 1 is 1.25 bits per heavy atom. The number of alkyl halides is 3. The third-order valence-corrected chi connectivity index (χ3v) is 6.16. The van der Waals surface area contributed by atoms with Crippen LogP contribution in [-0.2, 0) is 0 Å². The molecule has 0 aliphatic carbocycles. The number of aromatic nitrogens is 3. The zero-order valence-electron chi connectivity index (χ0n) is 17.6. The van der Waals surface area contributed by atoms with E-state index in [0.29, 0.717) is 16.6 Å². The number of imidazole rings is 1. The fourth-order valence-electron chi connectivity index (χ4n) is 3.53. The summed E-state index contributed by atoms with van der Waals surface area (Å²) in [6.07, 6.45) is -0.829. The van der Waals surface area contributed by atoms with Crippen molar-refractivity contribution in [3.8, 4) is 5.75 Å². The van der Waals surface area contributed by atoms with E-state index in [1.807, 2.05) is 6.07 Å². The number of hydrogen-bond donors (Lipinski definition) is 2. The van der Waals surface area contributed by atoms with Crippen LogP contribution in [0.5, 0.6) is 5.75 Å². The van der Waals surface area contributed by atoms with E-state index in [-0.39, 0.29) is 29.8 Å². The van der Waals surface area contributed by atoms with Gasteiger partial charge in [0.15, 0.2) is 11.4 Å². The highest BCUT2D eigenvalue weighted by Crippen LogP contribution is 2.35. The molecule has 0 spiro atoms. The molecule has 1 fully saturated rings. The molecule has 1 aliphatic rings. The fourth-order valence-corrected chi connectivity index (χ4v) is 4.67. The Labute approximate surface area is 194 Å². The summed E-state index contributed by atoms with van der Waals surface area (Å²) in [6.45, 7) is 6.02. The van der Waals surface area contributed by atoms with Gasteiger partial charge in [0.2, 0.25) is 0 Å². The van der Waals surface area contributed by atoms with Crippen LogP contribution >= 0.6 is 24.2 Å². The molecule has 3 heterocycles. The Hall–Kier alpha value is -2.17. The molecule has 0 saturated carbocycles. The van der Waals surface area contributed by atoms with Gasteiger partial charge in [0.25, 0.3) is 0 Å². The molecule has 1 aromatic carbocycles. The monoisotopic (exact) mass is 487 g/mol. The summed E-state index contributed by atoms with van der Waals surface area (Å²) in [7, 11) is 0. The molecule has 2 aromatic heterocycles. The molecule has 2 N–H and O–H groups in total. The number of hydrogen-bond acceptors (Lipinski definition) is 6. The molecule has 32 heavy (non-hydrogen) atoms. The molecule has 4 rings (SSSR count). The molecule has 1 unspecified atom stereocenters. The highest BCUT2D eigenvalue weighted by molar-refractivity contribution is 7.99. The minimum Gasteiger partial charge on any atom is -0.404 e. The Kier molecular flexibility index (Phi) is 7.79. The number of nitrogens with one attached hydrogen (secondary N) is 2. The number of anilines is 2. The minimum absolute atomic E-state index is 0. The van der Waals surface area contributed by atoms with Crippen LogP contribution in [0, 0.1) is 0 Å². The first-order valence-corrected chi connectivity index (χ1v) is 11.1. The first kappa shape index (κ1) is 24.5. The lowest BCUT2D eigenvalue weighted by atomic mass is 10.2. The van der Waals surface area contributed by atoms with Crippen LogP contribution in [0.2, 0.25) is 0 Å². The normalized spacial score (nSPS) is 16.8. The number of rotatable bonds is 6. The number of fused-ring (bicyclic) bond motifs is 1. The van der Waals surface area contributed by atoms with Crippen LogP contribution in [0.15, 0.2) is 41.6 Å². The van der Waals surface area contributed by atoms with Crippen LogP contribution in [-0.4, -0.2) is 39.3 Å². The highest BCUT2D eigenvalue weighted by atomic mass is 35.5. The van der Waals surface area contributed by atoms with E-state index < -0.39 is 6.36 Å². The summed E-state index contributed by atoms with van der Waals surface area (Å²) in [6, 6.07) is 7.82. The second-order valence-corrected chi connectivity index (χ2v) is 9.05. The predicted molar refractivity (Wildman–Crippen MR) is 122 cm³/mol. The first-order chi connectivity index (χ1) is 14.8. The van der Waals surface area contributed by atoms with Crippen molar-refractivity contribution in [3.63, 3.8) is 0 Å². The van der Waals surface area contributed by atoms with Crippen LogP contribution in [0.4, 0.5) is 24.5 Å². The molecule has 1 aliphatic heterocycles. The summed E-state index contributed by atoms with van der Waals surface area (Å²) in [5.41, 5.74) is 2.27. The van der Waals surface area contributed by atoms with E-state index >= 15 is 0 Å². The molecule has 3 aromatic rings. The molecule has 6 nitrogen and oxygen atoms in total. The van der Waals surface area contributed by atoms with Gasteiger partial charge in [0.1, 0.15) is 5.03 Å². The number of nitrogens with zero attached hydrogens (tertiary/aromatic N) is 3. The SMILES string of the molecule is CC(C)c1cnc2c(Nc3ccccc3OC(F)(F)F)cc(SC3CCCNC3)nn12.Cl. The summed E-state index contributed by atoms with van der Waals surface area (Å²) < 4.78 is 44.5. The maximum Gasteiger partial charge on any atom is 0.573 e. The van der Waals surface area contributed by atoms with Crippen molar-refractivity contribution in [2.75, 3.05) is 18.4 Å². The second-order valence-electron chi connectivity index (χ2n) is 7.72. The lowest BCUT2D eigenvalue weighted by Crippen LogP contribution is -2.31. The number of halogens is 4. The van der Waals surface area contributed by atoms with E-state index in [1.54, 1.807) is 34.6 Å². The largest absolute Gasteiger partial charge is 0.573 e. The van der Waals surface area contributed by atoms with Gasteiger partial charge in [-0.3, -0.25) is 0 Å². The maximum absolute atomic E-state index is 12.8.